The summed E-state index contributed by atoms with van der Waals surface area (Å²) >= 11 is 0. The van der Waals surface area contributed by atoms with E-state index in [9.17, 15) is 9.18 Å². The Balaban J connectivity index is 1.84. The fourth-order valence-electron chi connectivity index (χ4n) is 2.56. The predicted molar refractivity (Wildman–Crippen MR) is 68.8 cm³/mol. The minimum Gasteiger partial charge on any atom is -0.378 e. The number of methoxy groups -OCH3 is 1. The van der Waals surface area contributed by atoms with Crippen molar-refractivity contribution < 1.29 is 13.9 Å². The first-order valence-corrected chi connectivity index (χ1v) is 6.85. The van der Waals surface area contributed by atoms with Gasteiger partial charge in [-0.1, -0.05) is 6.92 Å². The van der Waals surface area contributed by atoms with Gasteiger partial charge in [0.15, 0.2) is 6.17 Å². The maximum atomic E-state index is 13.8. The van der Waals surface area contributed by atoms with E-state index in [0.29, 0.717) is 19.6 Å². The quantitative estimate of drug-likeness (QED) is 0.735. The predicted octanol–water partition coefficient (Wildman–Crippen LogP) is -0.325. The maximum absolute atomic E-state index is 13.8. The number of nitrogens with zero attached hydrogens (tertiary/aromatic N) is 2. The first kappa shape index (κ1) is 14.6. The summed E-state index contributed by atoms with van der Waals surface area (Å²) in [6, 6.07) is 0. The first-order valence-electron chi connectivity index (χ1n) is 6.85. The Bertz CT molecular complexity index is 318. The van der Waals surface area contributed by atoms with Crippen LogP contribution in [0, 0.1) is 0 Å². The van der Waals surface area contributed by atoms with Gasteiger partial charge in [0, 0.05) is 20.2 Å². The molecular formula is C12H23FN4O2. The fraction of sp³-hybridized carbons (Fsp3) is 0.917. The third-order valence-electron chi connectivity index (χ3n) is 3.63. The zero-order chi connectivity index (χ0) is 13.8. The SMILES string of the molecule is CCCN1CNC(C(=O)N2CC[C@H](OC)[C@H](F)C2)N1. The normalized spacial score (nSPS) is 32.8. The Morgan fingerprint density at radius 2 is 2.32 bits per heavy atom. The molecule has 2 N–H and O–H groups in total. The summed E-state index contributed by atoms with van der Waals surface area (Å²) in [5, 5.41) is 5.07. The molecule has 2 fully saturated rings. The minimum absolute atomic E-state index is 0.0872. The van der Waals surface area contributed by atoms with Crippen molar-refractivity contribution in [3.05, 3.63) is 0 Å². The van der Waals surface area contributed by atoms with E-state index in [-0.39, 0.29) is 18.6 Å². The number of alkyl halides is 1. The largest absolute Gasteiger partial charge is 0.378 e. The Hall–Kier alpha value is -0.760. The third kappa shape index (κ3) is 3.42. The van der Waals surface area contributed by atoms with Gasteiger partial charge in [-0.25, -0.2) is 14.8 Å². The molecular weight excluding hydrogens is 251 g/mol. The van der Waals surface area contributed by atoms with E-state index < -0.39 is 12.3 Å². The van der Waals surface area contributed by atoms with Gasteiger partial charge in [-0.05, 0) is 12.8 Å². The van der Waals surface area contributed by atoms with Crippen LogP contribution in [0.1, 0.15) is 19.8 Å². The number of ether oxygens (including phenoxy) is 1. The molecule has 0 spiro atoms. The van der Waals surface area contributed by atoms with Crippen molar-refractivity contribution in [1.29, 1.82) is 0 Å². The van der Waals surface area contributed by atoms with E-state index in [4.69, 9.17) is 4.74 Å². The standard InChI is InChI=1S/C12H23FN4O2/c1-3-5-17-8-14-11(15-17)12(18)16-6-4-10(19-2)9(13)7-16/h9-11,14-15H,3-8H2,1-2H3/t9-,10+,11?/m1/s1. The number of nitrogens with one attached hydrogen (secondary N) is 2. The molecule has 3 atom stereocenters. The number of amides is 1. The topological polar surface area (TPSA) is 56.8 Å². The fourth-order valence-corrected chi connectivity index (χ4v) is 2.56. The van der Waals surface area contributed by atoms with Crippen molar-refractivity contribution in [2.24, 2.45) is 0 Å². The number of hydrogen-bond donors (Lipinski definition) is 2. The van der Waals surface area contributed by atoms with Gasteiger partial charge in [0.2, 0.25) is 0 Å². The Morgan fingerprint density at radius 3 is 2.95 bits per heavy atom. The summed E-state index contributed by atoms with van der Waals surface area (Å²) in [7, 11) is 1.51. The van der Waals surface area contributed by atoms with Crippen LogP contribution in [-0.4, -0.2) is 67.7 Å². The van der Waals surface area contributed by atoms with Crippen LogP contribution in [-0.2, 0) is 9.53 Å². The number of carbonyl (C=O) groups is 1. The molecule has 19 heavy (non-hydrogen) atoms. The molecule has 6 nitrogen and oxygen atoms in total. The molecule has 0 saturated carbocycles. The molecule has 0 aromatic rings. The van der Waals surface area contributed by atoms with Gasteiger partial charge in [-0.15, -0.1) is 0 Å². The molecule has 2 rings (SSSR count). The summed E-state index contributed by atoms with van der Waals surface area (Å²) in [5.41, 5.74) is 3.11. The van der Waals surface area contributed by atoms with Crippen LogP contribution in [0.2, 0.25) is 0 Å². The van der Waals surface area contributed by atoms with E-state index in [1.165, 1.54) is 7.11 Å². The van der Waals surface area contributed by atoms with Crippen LogP contribution in [0.15, 0.2) is 0 Å². The summed E-state index contributed by atoms with van der Waals surface area (Å²) in [6.45, 7) is 4.27. The number of hydrogen-bond acceptors (Lipinski definition) is 5. The molecule has 7 heteroatoms. The molecule has 2 aliphatic heterocycles. The summed E-state index contributed by atoms with van der Waals surface area (Å²) < 4.78 is 18.8. The molecule has 0 bridgehead atoms. The Kier molecular flexibility index (Phi) is 5.09. The second-order valence-corrected chi connectivity index (χ2v) is 5.05. The molecule has 2 heterocycles. The molecule has 1 unspecified atom stereocenters. The van der Waals surface area contributed by atoms with Crippen LogP contribution >= 0.6 is 0 Å². The molecule has 110 valence electrons. The molecule has 0 aliphatic carbocycles. The van der Waals surface area contributed by atoms with Gasteiger partial charge in [-0.2, -0.15) is 0 Å². The van der Waals surface area contributed by atoms with Crippen molar-refractivity contribution in [2.45, 2.75) is 38.2 Å². The maximum Gasteiger partial charge on any atom is 0.255 e. The lowest BCUT2D eigenvalue weighted by Crippen LogP contribution is -2.55. The minimum atomic E-state index is -1.10. The van der Waals surface area contributed by atoms with E-state index in [1.54, 1.807) is 4.90 Å². The highest BCUT2D eigenvalue weighted by Crippen LogP contribution is 2.17. The smallest absolute Gasteiger partial charge is 0.255 e. The lowest BCUT2D eigenvalue weighted by molar-refractivity contribution is -0.139. The van der Waals surface area contributed by atoms with Crippen molar-refractivity contribution in [2.75, 3.05) is 33.4 Å². The van der Waals surface area contributed by atoms with Crippen LogP contribution in [0.4, 0.5) is 4.39 Å². The number of piperidine rings is 1. The van der Waals surface area contributed by atoms with Crippen LogP contribution in [0.25, 0.3) is 0 Å². The summed E-state index contributed by atoms with van der Waals surface area (Å²) in [6.07, 6.45) is -0.352. The highest BCUT2D eigenvalue weighted by Gasteiger charge is 2.36. The van der Waals surface area contributed by atoms with Crippen LogP contribution < -0.4 is 10.7 Å². The van der Waals surface area contributed by atoms with Gasteiger partial charge >= 0.3 is 0 Å². The second kappa shape index (κ2) is 6.60. The molecule has 0 radical (unpaired) electrons. The molecule has 0 aromatic carbocycles. The second-order valence-electron chi connectivity index (χ2n) is 5.05. The summed E-state index contributed by atoms with van der Waals surface area (Å²) in [5.74, 6) is -0.0872. The van der Waals surface area contributed by atoms with Crippen LogP contribution in [0.5, 0.6) is 0 Å². The Morgan fingerprint density at radius 1 is 1.53 bits per heavy atom. The van der Waals surface area contributed by atoms with Crippen molar-refractivity contribution in [1.82, 2.24) is 20.7 Å². The Labute approximate surface area is 113 Å². The number of hydrazine groups is 1. The molecule has 0 aromatic heterocycles. The van der Waals surface area contributed by atoms with Crippen molar-refractivity contribution >= 4 is 5.91 Å². The molecule has 2 aliphatic rings. The number of likely N-dealkylation sites (tertiary alicyclic amines) is 1. The lowest BCUT2D eigenvalue weighted by Gasteiger charge is -2.35. The lowest BCUT2D eigenvalue weighted by atomic mass is 10.1. The third-order valence-corrected chi connectivity index (χ3v) is 3.63. The highest BCUT2D eigenvalue weighted by atomic mass is 19.1. The molecule has 1 amide bonds. The number of halogens is 1. The van der Waals surface area contributed by atoms with Gasteiger partial charge in [-0.3, -0.25) is 10.1 Å². The average Bonchev–Trinajstić information content (AvgIpc) is 2.87. The zero-order valence-electron chi connectivity index (χ0n) is 11.6. The molecule has 2 saturated heterocycles. The average molecular weight is 274 g/mol. The zero-order valence-corrected chi connectivity index (χ0v) is 11.6. The van der Waals surface area contributed by atoms with Gasteiger partial charge < -0.3 is 9.64 Å². The number of carbonyl (C=O) groups excluding carboxylic acids is 1. The van der Waals surface area contributed by atoms with Gasteiger partial charge in [0.05, 0.1) is 19.3 Å². The van der Waals surface area contributed by atoms with Crippen LogP contribution in [0.3, 0.4) is 0 Å². The highest BCUT2D eigenvalue weighted by molar-refractivity contribution is 5.81. The summed E-state index contributed by atoms with van der Waals surface area (Å²) in [4.78, 5) is 13.8. The monoisotopic (exact) mass is 274 g/mol. The van der Waals surface area contributed by atoms with Gasteiger partial charge in [0.25, 0.3) is 5.91 Å². The van der Waals surface area contributed by atoms with Crippen molar-refractivity contribution in [3.63, 3.8) is 0 Å². The van der Waals surface area contributed by atoms with E-state index in [1.807, 2.05) is 5.01 Å². The van der Waals surface area contributed by atoms with E-state index in [0.717, 1.165) is 13.0 Å². The number of rotatable bonds is 4. The van der Waals surface area contributed by atoms with Crippen molar-refractivity contribution in [3.8, 4) is 0 Å². The first-order chi connectivity index (χ1) is 9.15. The van der Waals surface area contributed by atoms with E-state index in [2.05, 4.69) is 17.7 Å². The van der Waals surface area contributed by atoms with Gasteiger partial charge in [0.1, 0.15) is 6.17 Å². The van der Waals surface area contributed by atoms with E-state index >= 15 is 0 Å².